The second-order valence-electron chi connectivity index (χ2n) is 9.74. The van der Waals surface area contributed by atoms with E-state index in [9.17, 15) is 0 Å². The minimum Gasteiger partial charge on any atom is -0.355 e. The number of hydrogen-bond donors (Lipinski definition) is 2. The van der Waals surface area contributed by atoms with E-state index in [4.69, 9.17) is 9.97 Å². The van der Waals surface area contributed by atoms with E-state index in [1.165, 1.54) is 63.4 Å². The normalized spacial score (nSPS) is 12.5. The van der Waals surface area contributed by atoms with Crippen LogP contribution in [0.1, 0.15) is 93.1 Å². The maximum Gasteiger partial charge on any atom is 0.0691 e. The van der Waals surface area contributed by atoms with Crippen molar-refractivity contribution < 1.29 is 0 Å². The van der Waals surface area contributed by atoms with E-state index in [0.29, 0.717) is 0 Å². The summed E-state index contributed by atoms with van der Waals surface area (Å²) in [6, 6.07) is 14.7. The molecule has 4 heteroatoms. The maximum absolute atomic E-state index is 4.98. The summed E-state index contributed by atoms with van der Waals surface area (Å²) in [6.07, 6.45) is 21.5. The Morgan fingerprint density at radius 3 is 1.51 bits per heavy atom. The number of aromatic nitrogens is 4. The minimum absolute atomic E-state index is 0.977. The average molecular weight is 465 g/mol. The molecule has 8 bridgehead atoms. The number of hydrogen-bond acceptors (Lipinski definition) is 2. The molecule has 2 N–H and O–H groups in total. The monoisotopic (exact) mass is 464 g/mol. The predicted octanol–water partition coefficient (Wildman–Crippen LogP) is 8.73. The van der Waals surface area contributed by atoms with Gasteiger partial charge in [-0.05, 0) is 79.6 Å². The summed E-state index contributed by atoms with van der Waals surface area (Å²) in [5.41, 5.74) is 9.55. The molecule has 0 unspecified atom stereocenters. The highest BCUT2D eigenvalue weighted by Gasteiger charge is 2.12. The van der Waals surface area contributed by atoms with Crippen molar-refractivity contribution in [2.24, 2.45) is 0 Å². The van der Waals surface area contributed by atoms with Crippen LogP contribution in [-0.2, 0) is 6.42 Å². The lowest BCUT2D eigenvalue weighted by Crippen LogP contribution is -1.95. The summed E-state index contributed by atoms with van der Waals surface area (Å²) in [5, 5.41) is 0. The van der Waals surface area contributed by atoms with E-state index >= 15 is 0 Å². The highest BCUT2D eigenvalue weighted by atomic mass is 14.8. The van der Waals surface area contributed by atoms with Crippen LogP contribution in [0.5, 0.6) is 0 Å². The van der Waals surface area contributed by atoms with Crippen LogP contribution in [0.3, 0.4) is 0 Å². The Hall–Kier alpha value is -3.40. The third kappa shape index (κ3) is 6.19. The zero-order chi connectivity index (χ0) is 23.9. The smallest absolute Gasteiger partial charge is 0.0691 e. The van der Waals surface area contributed by atoms with Crippen molar-refractivity contribution in [3.05, 3.63) is 70.8 Å². The fraction of sp³-hybridized carbons (Fsp3) is 0.355. The van der Waals surface area contributed by atoms with Crippen molar-refractivity contribution in [3.8, 4) is 0 Å². The number of aromatic amines is 2. The molecule has 0 fully saturated rings. The van der Waals surface area contributed by atoms with E-state index in [2.05, 4.69) is 83.7 Å². The topological polar surface area (TPSA) is 57.4 Å². The summed E-state index contributed by atoms with van der Waals surface area (Å²) < 4.78 is 0. The van der Waals surface area contributed by atoms with Gasteiger partial charge in [-0.3, -0.25) is 0 Å². The summed E-state index contributed by atoms with van der Waals surface area (Å²) >= 11 is 0. The van der Waals surface area contributed by atoms with Crippen LogP contribution in [-0.4, -0.2) is 19.9 Å². The van der Waals surface area contributed by atoms with Gasteiger partial charge in [0.05, 0.1) is 22.8 Å². The Balaban J connectivity index is 1.43. The van der Waals surface area contributed by atoms with Gasteiger partial charge in [0.25, 0.3) is 0 Å². The molecule has 35 heavy (non-hydrogen) atoms. The van der Waals surface area contributed by atoms with E-state index in [1.54, 1.807) is 0 Å². The van der Waals surface area contributed by atoms with Crippen LogP contribution in [0.15, 0.2) is 42.5 Å². The van der Waals surface area contributed by atoms with Gasteiger partial charge in [-0.15, -0.1) is 0 Å². The fourth-order valence-corrected chi connectivity index (χ4v) is 4.93. The molecule has 2 aliphatic rings. The van der Waals surface area contributed by atoms with Gasteiger partial charge in [-0.25, -0.2) is 9.97 Å². The maximum atomic E-state index is 4.98. The molecular weight excluding hydrogens is 428 g/mol. The van der Waals surface area contributed by atoms with Crippen molar-refractivity contribution >= 4 is 46.4 Å². The predicted molar refractivity (Wildman–Crippen MR) is 150 cm³/mol. The molecule has 2 aliphatic heterocycles. The van der Waals surface area contributed by atoms with Crippen molar-refractivity contribution in [1.82, 2.24) is 19.9 Å². The van der Waals surface area contributed by atoms with Crippen molar-refractivity contribution in [2.45, 2.75) is 71.1 Å². The Kier molecular flexibility index (Phi) is 7.57. The first kappa shape index (κ1) is 23.3. The van der Waals surface area contributed by atoms with E-state index in [0.717, 1.165) is 51.3 Å². The van der Waals surface area contributed by atoms with Gasteiger partial charge in [-0.1, -0.05) is 58.3 Å². The quantitative estimate of drug-likeness (QED) is 0.203. The first-order valence-corrected chi connectivity index (χ1v) is 13.3. The molecule has 0 radical (unpaired) electrons. The average Bonchev–Trinajstić information content (AvgIpc) is 3.65. The Morgan fingerprint density at radius 1 is 0.543 bits per heavy atom. The third-order valence-electron chi connectivity index (χ3n) is 6.85. The summed E-state index contributed by atoms with van der Waals surface area (Å²) in [6.45, 7) is 2.28. The lowest BCUT2D eigenvalue weighted by Gasteiger charge is -2.05. The summed E-state index contributed by atoms with van der Waals surface area (Å²) in [7, 11) is 0. The molecule has 0 saturated carbocycles. The molecule has 5 rings (SSSR count). The Labute approximate surface area is 208 Å². The van der Waals surface area contributed by atoms with Crippen LogP contribution in [0.25, 0.3) is 46.4 Å². The summed E-state index contributed by atoms with van der Waals surface area (Å²) in [4.78, 5) is 16.9. The molecule has 0 atom stereocenters. The molecule has 5 heterocycles. The SMILES string of the molecule is CCCCCCCCCCCc1c2nc(cc3ccc(cc4ccc(cc5nc1C=C5)[nH]4)[nH]3)C=C2. The first-order chi connectivity index (χ1) is 17.3. The molecule has 0 aliphatic carbocycles. The van der Waals surface area contributed by atoms with E-state index < -0.39 is 0 Å². The molecular formula is C31H36N4. The first-order valence-electron chi connectivity index (χ1n) is 13.3. The molecule has 4 nitrogen and oxygen atoms in total. The summed E-state index contributed by atoms with van der Waals surface area (Å²) in [5.74, 6) is 0. The second kappa shape index (κ2) is 11.4. The molecule has 0 aromatic carbocycles. The van der Waals surface area contributed by atoms with Crippen LogP contribution in [0.4, 0.5) is 0 Å². The van der Waals surface area contributed by atoms with Gasteiger partial charge in [-0.2, -0.15) is 0 Å². The number of nitrogens with one attached hydrogen (secondary N) is 2. The number of rotatable bonds is 10. The van der Waals surface area contributed by atoms with Crippen molar-refractivity contribution in [2.75, 3.05) is 0 Å². The lowest BCUT2D eigenvalue weighted by atomic mass is 10.0. The molecule has 3 aromatic rings. The second-order valence-corrected chi connectivity index (χ2v) is 9.74. The number of H-pyrrole nitrogens is 2. The van der Waals surface area contributed by atoms with Crippen LogP contribution in [0.2, 0.25) is 0 Å². The van der Waals surface area contributed by atoms with Gasteiger partial charge in [0.15, 0.2) is 0 Å². The Bertz CT molecular complexity index is 1280. The van der Waals surface area contributed by atoms with Crippen molar-refractivity contribution in [1.29, 1.82) is 0 Å². The van der Waals surface area contributed by atoms with E-state index in [1.807, 2.05) is 0 Å². The number of nitrogens with zero attached hydrogens (tertiary/aromatic N) is 2. The van der Waals surface area contributed by atoms with Gasteiger partial charge < -0.3 is 9.97 Å². The largest absolute Gasteiger partial charge is 0.355 e. The molecule has 0 saturated heterocycles. The van der Waals surface area contributed by atoms with Crippen LogP contribution in [0, 0.1) is 0 Å². The van der Waals surface area contributed by atoms with Gasteiger partial charge in [0, 0.05) is 27.6 Å². The highest BCUT2D eigenvalue weighted by molar-refractivity contribution is 5.79. The van der Waals surface area contributed by atoms with Crippen molar-refractivity contribution in [3.63, 3.8) is 0 Å². The zero-order valence-electron chi connectivity index (χ0n) is 20.8. The molecule has 180 valence electrons. The molecule has 0 amide bonds. The van der Waals surface area contributed by atoms with E-state index in [-0.39, 0.29) is 0 Å². The Morgan fingerprint density at radius 2 is 1.00 bits per heavy atom. The standard InChI is InChI=1S/C31H36N4/c1-2-3-4-5-6-7-8-9-10-11-29-30-18-16-27(34-30)21-25-14-12-23(32-25)20-24-13-15-26(33-24)22-28-17-19-31(29)35-28/h12-22,32-33H,2-11H2,1H3. The number of fused-ring (bicyclic) bond motifs is 8. The third-order valence-corrected chi connectivity index (χ3v) is 6.85. The number of unbranched alkanes of at least 4 members (excludes halogenated alkanes) is 8. The molecule has 3 aromatic heterocycles. The minimum atomic E-state index is 0.977. The van der Waals surface area contributed by atoms with Crippen LogP contribution >= 0.6 is 0 Å². The van der Waals surface area contributed by atoms with Crippen LogP contribution < -0.4 is 0 Å². The highest BCUT2D eigenvalue weighted by Crippen LogP contribution is 2.24. The molecule has 0 spiro atoms. The lowest BCUT2D eigenvalue weighted by molar-refractivity contribution is 0.564. The van der Waals surface area contributed by atoms with Gasteiger partial charge in [0.1, 0.15) is 0 Å². The van der Waals surface area contributed by atoms with Gasteiger partial charge in [0.2, 0.25) is 0 Å². The van der Waals surface area contributed by atoms with Gasteiger partial charge >= 0.3 is 0 Å². The zero-order valence-corrected chi connectivity index (χ0v) is 20.8. The fourth-order valence-electron chi connectivity index (χ4n) is 4.93.